The molecule has 3 rings (SSSR count). The molecule has 2 aromatic heterocycles. The van der Waals surface area contributed by atoms with Crippen molar-refractivity contribution in [3.05, 3.63) is 59.4 Å². The van der Waals surface area contributed by atoms with Crippen LogP contribution in [0.25, 0.3) is 5.65 Å². The fourth-order valence-electron chi connectivity index (χ4n) is 2.46. The van der Waals surface area contributed by atoms with Gasteiger partial charge in [-0.05, 0) is 50.2 Å². The average molecular weight is 352 g/mol. The first-order valence-corrected chi connectivity index (χ1v) is 7.91. The Kier molecular flexibility index (Phi) is 4.74. The minimum absolute atomic E-state index is 0.139. The Morgan fingerprint density at radius 3 is 2.54 bits per heavy atom. The second-order valence-electron chi connectivity index (χ2n) is 5.42. The van der Waals surface area contributed by atoms with Crippen LogP contribution in [-0.2, 0) is 4.74 Å². The number of hydrogen-bond acceptors (Lipinski definition) is 6. The van der Waals surface area contributed by atoms with E-state index in [1.807, 2.05) is 13.0 Å². The molecule has 26 heavy (non-hydrogen) atoms. The van der Waals surface area contributed by atoms with Gasteiger partial charge in [0.25, 0.3) is 0 Å². The molecule has 2 heterocycles. The van der Waals surface area contributed by atoms with E-state index in [0.717, 1.165) is 5.69 Å². The molecule has 0 spiro atoms. The predicted molar refractivity (Wildman–Crippen MR) is 93.5 cm³/mol. The Morgan fingerprint density at radius 1 is 1.15 bits per heavy atom. The first-order valence-electron chi connectivity index (χ1n) is 7.91. The zero-order valence-electron chi connectivity index (χ0n) is 14.2. The van der Waals surface area contributed by atoms with E-state index in [1.54, 1.807) is 47.7 Å². The fourth-order valence-corrected chi connectivity index (χ4v) is 2.46. The third-order valence-electron chi connectivity index (χ3n) is 3.66. The topological polar surface area (TPSA) is 106 Å². The number of esters is 1. The lowest BCUT2D eigenvalue weighted by atomic mass is 10.2. The van der Waals surface area contributed by atoms with Crippen LogP contribution < -0.4 is 0 Å². The van der Waals surface area contributed by atoms with Crippen LogP contribution in [0.5, 0.6) is 0 Å². The third kappa shape index (κ3) is 3.30. The second-order valence-corrected chi connectivity index (χ2v) is 5.42. The molecule has 0 fully saturated rings. The summed E-state index contributed by atoms with van der Waals surface area (Å²) in [5.74, 6) is -1.46. The van der Waals surface area contributed by atoms with Crippen LogP contribution in [0.4, 0.5) is 11.5 Å². The van der Waals surface area contributed by atoms with E-state index in [2.05, 4.69) is 15.2 Å². The van der Waals surface area contributed by atoms with Gasteiger partial charge in [-0.2, -0.15) is 0 Å². The molecule has 0 bridgehead atoms. The molecule has 8 heteroatoms. The van der Waals surface area contributed by atoms with E-state index in [4.69, 9.17) is 4.74 Å². The summed E-state index contributed by atoms with van der Waals surface area (Å²) in [6.45, 7) is 3.86. The summed E-state index contributed by atoms with van der Waals surface area (Å²) in [7, 11) is 0. The normalized spacial score (nSPS) is 11.2. The van der Waals surface area contributed by atoms with Gasteiger partial charge in [0.2, 0.25) is 0 Å². The van der Waals surface area contributed by atoms with E-state index in [0.29, 0.717) is 23.5 Å². The highest BCUT2D eigenvalue weighted by atomic mass is 16.5. The molecule has 0 atom stereocenters. The molecule has 1 aromatic carbocycles. The number of azo groups is 1. The monoisotopic (exact) mass is 352 g/mol. The number of carbonyl (C=O) groups excluding carboxylic acids is 1. The van der Waals surface area contributed by atoms with E-state index in [-0.39, 0.29) is 11.5 Å². The van der Waals surface area contributed by atoms with Crippen molar-refractivity contribution in [2.24, 2.45) is 10.2 Å². The maximum absolute atomic E-state index is 11.7. The second kappa shape index (κ2) is 7.14. The minimum Gasteiger partial charge on any atom is -0.476 e. The van der Waals surface area contributed by atoms with Crippen molar-refractivity contribution in [3.8, 4) is 0 Å². The van der Waals surface area contributed by atoms with Crippen LogP contribution >= 0.6 is 0 Å². The molecule has 132 valence electrons. The van der Waals surface area contributed by atoms with Crippen molar-refractivity contribution in [2.45, 2.75) is 13.8 Å². The van der Waals surface area contributed by atoms with Gasteiger partial charge in [0.05, 0.1) is 17.9 Å². The molecule has 3 aromatic rings. The number of carbonyl (C=O) groups is 2. The number of aromatic carboxylic acids is 1. The molecule has 0 aliphatic carbocycles. The summed E-state index contributed by atoms with van der Waals surface area (Å²) >= 11 is 0. The third-order valence-corrected chi connectivity index (χ3v) is 3.66. The lowest BCUT2D eigenvalue weighted by Crippen LogP contribution is -2.03. The molecule has 0 amide bonds. The smallest absolute Gasteiger partial charge is 0.358 e. The largest absolute Gasteiger partial charge is 0.476 e. The predicted octanol–water partition coefficient (Wildman–Crippen LogP) is 3.93. The lowest BCUT2D eigenvalue weighted by Gasteiger charge is -2.02. The zero-order chi connectivity index (χ0) is 18.7. The van der Waals surface area contributed by atoms with Gasteiger partial charge in [-0.3, -0.25) is 4.40 Å². The zero-order valence-corrected chi connectivity index (χ0v) is 14.2. The van der Waals surface area contributed by atoms with Gasteiger partial charge in [-0.1, -0.05) is 6.07 Å². The average Bonchev–Trinajstić information content (AvgIpc) is 3.01. The maximum Gasteiger partial charge on any atom is 0.358 e. The van der Waals surface area contributed by atoms with Gasteiger partial charge in [0, 0.05) is 5.69 Å². The molecular formula is C18H16N4O4. The van der Waals surface area contributed by atoms with Gasteiger partial charge >= 0.3 is 11.9 Å². The minimum atomic E-state index is -1.18. The summed E-state index contributed by atoms with van der Waals surface area (Å²) in [5, 5.41) is 17.5. The SMILES string of the molecule is CCOC(=O)c1ccc(N=Nc2c(C(=O)O)nc3cccc(C)n23)cc1. The van der Waals surface area contributed by atoms with Crippen LogP contribution in [-0.4, -0.2) is 33.0 Å². The number of benzene rings is 1. The first kappa shape index (κ1) is 17.3. The number of rotatable bonds is 5. The molecule has 0 saturated heterocycles. The van der Waals surface area contributed by atoms with E-state index >= 15 is 0 Å². The van der Waals surface area contributed by atoms with Gasteiger partial charge < -0.3 is 9.84 Å². The van der Waals surface area contributed by atoms with Crippen molar-refractivity contribution in [2.75, 3.05) is 6.61 Å². The maximum atomic E-state index is 11.7. The summed E-state index contributed by atoms with van der Waals surface area (Å²) in [5.41, 5.74) is 1.97. The molecule has 1 N–H and O–H groups in total. The highest BCUT2D eigenvalue weighted by molar-refractivity contribution is 5.92. The summed E-state index contributed by atoms with van der Waals surface area (Å²) in [4.78, 5) is 27.2. The Bertz CT molecular complexity index is 1010. The molecule has 8 nitrogen and oxygen atoms in total. The number of ether oxygens (including phenoxy) is 1. The van der Waals surface area contributed by atoms with Gasteiger partial charge in [0.1, 0.15) is 5.65 Å². The Morgan fingerprint density at radius 2 is 1.88 bits per heavy atom. The van der Waals surface area contributed by atoms with Gasteiger partial charge in [0.15, 0.2) is 11.5 Å². The van der Waals surface area contributed by atoms with E-state index < -0.39 is 11.9 Å². The van der Waals surface area contributed by atoms with Crippen molar-refractivity contribution >= 4 is 29.1 Å². The number of pyridine rings is 1. The van der Waals surface area contributed by atoms with Crippen LogP contribution in [0.15, 0.2) is 52.7 Å². The van der Waals surface area contributed by atoms with E-state index in [1.165, 1.54) is 0 Å². The molecule has 0 aliphatic heterocycles. The number of nitrogens with zero attached hydrogens (tertiary/aromatic N) is 4. The van der Waals surface area contributed by atoms with E-state index in [9.17, 15) is 14.7 Å². The number of fused-ring (bicyclic) bond motifs is 1. The molecule has 0 aliphatic rings. The highest BCUT2D eigenvalue weighted by Gasteiger charge is 2.19. The number of carboxylic acid groups (broad SMARTS) is 1. The van der Waals surface area contributed by atoms with Crippen LogP contribution in [0.2, 0.25) is 0 Å². The van der Waals surface area contributed by atoms with Crippen molar-refractivity contribution in [1.82, 2.24) is 9.38 Å². The Labute approximate surface area is 148 Å². The van der Waals surface area contributed by atoms with Crippen LogP contribution in [0.3, 0.4) is 0 Å². The summed E-state index contributed by atoms with van der Waals surface area (Å²) in [6, 6.07) is 11.7. The molecular weight excluding hydrogens is 336 g/mol. The summed E-state index contributed by atoms with van der Waals surface area (Å²) < 4.78 is 6.55. The highest BCUT2D eigenvalue weighted by Crippen LogP contribution is 2.26. The van der Waals surface area contributed by atoms with Crippen molar-refractivity contribution in [3.63, 3.8) is 0 Å². The van der Waals surface area contributed by atoms with Gasteiger partial charge in [-0.15, -0.1) is 10.2 Å². The Hall–Kier alpha value is -3.55. The molecule has 0 radical (unpaired) electrons. The van der Waals surface area contributed by atoms with Crippen LogP contribution in [0, 0.1) is 6.92 Å². The quantitative estimate of drug-likeness (QED) is 0.553. The fraction of sp³-hybridized carbons (Fsp3) is 0.167. The van der Waals surface area contributed by atoms with Crippen LogP contribution in [0.1, 0.15) is 33.5 Å². The number of aromatic nitrogens is 2. The number of carboxylic acids is 1. The van der Waals surface area contributed by atoms with Gasteiger partial charge in [-0.25, -0.2) is 14.6 Å². The standard InChI is InChI=1S/C18H16N4O4/c1-3-26-18(25)12-7-9-13(10-8-12)20-21-16-15(17(23)24)19-14-6-4-5-11(2)22(14)16/h4-10H,3H2,1-2H3,(H,23,24). The lowest BCUT2D eigenvalue weighted by molar-refractivity contribution is 0.0526. The summed E-state index contributed by atoms with van der Waals surface area (Å²) in [6.07, 6.45) is 0. The number of imidazole rings is 1. The first-order chi connectivity index (χ1) is 12.5. The molecule has 0 unspecified atom stereocenters. The van der Waals surface area contributed by atoms with Crippen molar-refractivity contribution < 1.29 is 19.4 Å². The number of hydrogen-bond donors (Lipinski definition) is 1. The Balaban J connectivity index is 1.97. The number of aryl methyl sites for hydroxylation is 1. The molecule has 0 saturated carbocycles. The van der Waals surface area contributed by atoms with Crippen molar-refractivity contribution in [1.29, 1.82) is 0 Å².